The number of aromatic hydroxyl groups is 1. The summed E-state index contributed by atoms with van der Waals surface area (Å²) < 4.78 is 0. The lowest BCUT2D eigenvalue weighted by Crippen LogP contribution is -2.29. The molecule has 0 atom stereocenters. The lowest BCUT2D eigenvalue weighted by atomic mass is 9.96. The summed E-state index contributed by atoms with van der Waals surface area (Å²) in [6.07, 6.45) is 3.44. The number of hydrogen-bond donors (Lipinski definition) is 1. The lowest BCUT2D eigenvalue weighted by Gasteiger charge is -2.24. The summed E-state index contributed by atoms with van der Waals surface area (Å²) in [5.74, 6) is 0.217. The highest BCUT2D eigenvalue weighted by atomic mass is 16.3. The van der Waals surface area contributed by atoms with Crippen molar-refractivity contribution in [1.82, 2.24) is 9.80 Å². The van der Waals surface area contributed by atoms with Crippen LogP contribution in [0.3, 0.4) is 0 Å². The summed E-state index contributed by atoms with van der Waals surface area (Å²) in [4.78, 5) is 19.6. The number of hydrogen-bond acceptors (Lipinski definition) is 5. The third-order valence-electron chi connectivity index (χ3n) is 6.03. The van der Waals surface area contributed by atoms with Crippen molar-refractivity contribution in [2.75, 3.05) is 53.2 Å². The number of rotatable bonds is 10. The van der Waals surface area contributed by atoms with Crippen LogP contribution in [0.2, 0.25) is 0 Å². The van der Waals surface area contributed by atoms with Crippen molar-refractivity contribution in [3.8, 4) is 16.9 Å². The quantitative estimate of drug-likeness (QED) is 0.320. The van der Waals surface area contributed by atoms with Crippen LogP contribution in [0.5, 0.6) is 5.75 Å². The summed E-state index contributed by atoms with van der Waals surface area (Å²) in [7, 11) is 10.1. The Hall–Kier alpha value is -3.41. The second-order valence-corrected chi connectivity index (χ2v) is 9.60. The predicted molar refractivity (Wildman–Crippen MR) is 147 cm³/mol. The predicted octanol–water partition coefficient (Wildman–Crippen LogP) is 5.32. The molecular weight excluding hydrogens is 434 g/mol. The number of benzene rings is 3. The molecule has 3 rings (SSSR count). The molecule has 0 aliphatic rings. The molecule has 0 fully saturated rings. The fraction of sp³-hybridized carbons (Fsp3) is 0.300. The van der Waals surface area contributed by atoms with Crippen molar-refractivity contribution in [3.05, 3.63) is 89.0 Å². The SMILES string of the molecule is Cc1ccccc1-c1ccc(C(=O)C=Cc2ccc(O)c(CN(C)C)c2)c(N(C)CCN(C)C)c1. The molecule has 3 aromatic rings. The Bertz CT molecular complexity index is 1200. The van der Waals surface area contributed by atoms with Crippen molar-refractivity contribution < 1.29 is 9.90 Å². The summed E-state index contributed by atoms with van der Waals surface area (Å²) in [6.45, 7) is 4.42. The molecule has 0 aliphatic heterocycles. The third-order valence-corrected chi connectivity index (χ3v) is 6.03. The number of phenolic OH excluding ortho intramolecular Hbond substituents is 1. The van der Waals surface area contributed by atoms with Gasteiger partial charge in [0.15, 0.2) is 5.78 Å². The minimum atomic E-state index is -0.0460. The first-order valence-corrected chi connectivity index (χ1v) is 11.9. The third kappa shape index (κ3) is 7.04. The molecule has 0 aliphatic carbocycles. The minimum Gasteiger partial charge on any atom is -0.508 e. The number of anilines is 1. The Kier molecular flexibility index (Phi) is 8.85. The highest BCUT2D eigenvalue weighted by Crippen LogP contribution is 2.30. The number of carbonyl (C=O) groups excluding carboxylic acids is 1. The van der Waals surface area contributed by atoms with E-state index in [1.54, 1.807) is 12.1 Å². The number of phenols is 1. The molecule has 0 saturated carbocycles. The number of aryl methyl sites for hydroxylation is 1. The van der Waals surface area contributed by atoms with Crippen LogP contribution in [-0.2, 0) is 6.54 Å². The molecule has 35 heavy (non-hydrogen) atoms. The van der Waals surface area contributed by atoms with Crippen LogP contribution < -0.4 is 4.90 Å². The van der Waals surface area contributed by atoms with Gasteiger partial charge in [-0.1, -0.05) is 42.5 Å². The zero-order chi connectivity index (χ0) is 25.5. The van der Waals surface area contributed by atoms with Gasteiger partial charge in [-0.2, -0.15) is 0 Å². The lowest BCUT2D eigenvalue weighted by molar-refractivity contribution is 0.104. The average Bonchev–Trinajstić information content (AvgIpc) is 2.82. The smallest absolute Gasteiger partial charge is 0.187 e. The fourth-order valence-electron chi connectivity index (χ4n) is 4.03. The van der Waals surface area contributed by atoms with Gasteiger partial charge in [0.2, 0.25) is 0 Å². The van der Waals surface area contributed by atoms with Crippen molar-refractivity contribution in [1.29, 1.82) is 0 Å². The summed E-state index contributed by atoms with van der Waals surface area (Å²) in [6, 6.07) is 19.8. The fourth-order valence-corrected chi connectivity index (χ4v) is 4.03. The molecule has 0 amide bonds. The molecule has 3 aromatic carbocycles. The number of carbonyl (C=O) groups is 1. The van der Waals surface area contributed by atoms with E-state index in [4.69, 9.17) is 0 Å². The second-order valence-electron chi connectivity index (χ2n) is 9.60. The second kappa shape index (κ2) is 11.8. The summed E-state index contributed by atoms with van der Waals surface area (Å²) >= 11 is 0. The Morgan fingerprint density at radius 2 is 1.63 bits per heavy atom. The zero-order valence-corrected chi connectivity index (χ0v) is 21.7. The zero-order valence-electron chi connectivity index (χ0n) is 21.7. The Balaban J connectivity index is 1.95. The molecule has 5 nitrogen and oxygen atoms in total. The van der Waals surface area contributed by atoms with Crippen molar-refractivity contribution in [2.45, 2.75) is 13.5 Å². The summed E-state index contributed by atoms with van der Waals surface area (Å²) in [5, 5.41) is 10.1. The normalized spacial score (nSPS) is 11.5. The van der Waals surface area contributed by atoms with E-state index >= 15 is 0 Å². The van der Waals surface area contributed by atoms with Crippen LogP contribution >= 0.6 is 0 Å². The molecule has 0 unspecified atom stereocenters. The van der Waals surface area contributed by atoms with Crippen LogP contribution in [-0.4, -0.2) is 69.0 Å². The molecule has 0 saturated heterocycles. The van der Waals surface area contributed by atoms with Gasteiger partial charge >= 0.3 is 0 Å². The van der Waals surface area contributed by atoms with Gasteiger partial charge < -0.3 is 19.8 Å². The first-order valence-electron chi connectivity index (χ1n) is 11.9. The maximum Gasteiger partial charge on any atom is 0.187 e. The van der Waals surface area contributed by atoms with Crippen LogP contribution in [0.1, 0.15) is 27.0 Å². The maximum absolute atomic E-state index is 13.3. The first-order chi connectivity index (χ1) is 16.7. The highest BCUT2D eigenvalue weighted by Gasteiger charge is 2.15. The van der Waals surface area contributed by atoms with Crippen LogP contribution in [0, 0.1) is 6.92 Å². The molecule has 0 radical (unpaired) electrons. The summed E-state index contributed by atoms with van der Waals surface area (Å²) in [5.41, 5.74) is 6.77. The molecule has 1 N–H and O–H groups in total. The topological polar surface area (TPSA) is 47.0 Å². The highest BCUT2D eigenvalue weighted by molar-refractivity contribution is 6.11. The van der Waals surface area contributed by atoms with Crippen molar-refractivity contribution in [3.63, 3.8) is 0 Å². The monoisotopic (exact) mass is 471 g/mol. The number of allylic oxidation sites excluding steroid dienone is 1. The van der Waals surface area contributed by atoms with E-state index in [-0.39, 0.29) is 11.5 Å². The maximum atomic E-state index is 13.3. The van der Waals surface area contributed by atoms with Gasteiger partial charge in [-0.3, -0.25) is 4.79 Å². The van der Waals surface area contributed by atoms with Gasteiger partial charge in [-0.05, 0) is 87.7 Å². The van der Waals surface area contributed by atoms with Crippen LogP contribution in [0.4, 0.5) is 5.69 Å². The molecule has 5 heteroatoms. The molecular formula is C30H37N3O2. The Morgan fingerprint density at radius 1 is 0.886 bits per heavy atom. The standard InChI is InChI=1S/C30H37N3O2/c1-22-9-7-8-10-26(22)24-13-14-27(28(20-24)33(6)18-17-31(2)3)30(35)16-12-23-11-15-29(34)25(19-23)21-32(4)5/h7-16,19-20,34H,17-18,21H2,1-6H3. The van der Waals surface area contributed by atoms with E-state index in [1.807, 2.05) is 68.5 Å². The van der Waals surface area contributed by atoms with Gasteiger partial charge in [-0.15, -0.1) is 0 Å². The molecule has 0 heterocycles. The molecule has 0 aromatic heterocycles. The average molecular weight is 472 g/mol. The van der Waals surface area contributed by atoms with Gasteiger partial charge in [0.05, 0.1) is 0 Å². The molecule has 0 spiro atoms. The van der Waals surface area contributed by atoms with E-state index in [1.165, 1.54) is 11.1 Å². The van der Waals surface area contributed by atoms with Crippen LogP contribution in [0.15, 0.2) is 66.7 Å². The number of ketones is 1. The van der Waals surface area contributed by atoms with E-state index < -0.39 is 0 Å². The van der Waals surface area contributed by atoms with Crippen molar-refractivity contribution >= 4 is 17.5 Å². The van der Waals surface area contributed by atoms with E-state index in [2.05, 4.69) is 49.0 Å². The van der Waals surface area contributed by atoms with Gasteiger partial charge in [0, 0.05) is 43.5 Å². The molecule has 184 valence electrons. The largest absolute Gasteiger partial charge is 0.508 e. The van der Waals surface area contributed by atoms with E-state index in [9.17, 15) is 9.90 Å². The minimum absolute atomic E-state index is 0.0460. The van der Waals surface area contributed by atoms with Crippen molar-refractivity contribution in [2.24, 2.45) is 0 Å². The number of likely N-dealkylation sites (N-methyl/N-ethyl adjacent to an activating group) is 2. The van der Waals surface area contributed by atoms with E-state index in [0.29, 0.717) is 12.1 Å². The number of nitrogens with zero attached hydrogens (tertiary/aromatic N) is 3. The van der Waals surface area contributed by atoms with Gasteiger partial charge in [0.1, 0.15) is 5.75 Å². The Labute approximate surface area is 209 Å². The van der Waals surface area contributed by atoms with Gasteiger partial charge in [0.25, 0.3) is 0 Å². The Morgan fingerprint density at radius 3 is 2.31 bits per heavy atom. The van der Waals surface area contributed by atoms with Crippen LogP contribution in [0.25, 0.3) is 17.2 Å². The first kappa shape index (κ1) is 26.2. The van der Waals surface area contributed by atoms with Gasteiger partial charge in [-0.25, -0.2) is 0 Å². The van der Waals surface area contributed by atoms with E-state index in [0.717, 1.165) is 35.5 Å². The molecule has 0 bridgehead atoms.